The molecule has 0 aromatic heterocycles. The molecule has 10 heavy (non-hydrogen) atoms. The minimum atomic E-state index is 0.909. The van der Waals surface area contributed by atoms with Crippen LogP contribution in [0.15, 0.2) is 23.8 Å². The normalized spacial score (nSPS) is 25.0. The third kappa shape index (κ3) is 1.27. The van der Waals surface area contributed by atoms with Crippen molar-refractivity contribution in [1.29, 1.82) is 0 Å². The van der Waals surface area contributed by atoms with Crippen LogP contribution in [0.1, 0.15) is 0 Å². The fourth-order valence-corrected chi connectivity index (χ4v) is 2.16. The van der Waals surface area contributed by atoms with Crippen molar-refractivity contribution < 1.29 is 4.48 Å². The summed E-state index contributed by atoms with van der Waals surface area (Å²) in [4.78, 5) is 1.15. The van der Waals surface area contributed by atoms with E-state index in [1.54, 1.807) is 0 Å². The van der Waals surface area contributed by atoms with Crippen molar-refractivity contribution in [2.75, 3.05) is 26.4 Å². The molecule has 0 amide bonds. The molecule has 0 N–H and O–H groups in total. The summed E-state index contributed by atoms with van der Waals surface area (Å²) in [7, 11) is 4.35. The lowest BCUT2D eigenvalue weighted by Gasteiger charge is -2.35. The Labute approximate surface area is 67.0 Å². The Balaban J connectivity index is 2.79. The first-order valence-electron chi connectivity index (χ1n) is 3.38. The van der Waals surface area contributed by atoms with E-state index in [2.05, 4.69) is 27.3 Å². The highest BCUT2D eigenvalue weighted by Crippen LogP contribution is 2.31. The molecule has 1 nitrogen and oxygen atoms in total. The van der Waals surface area contributed by atoms with Crippen LogP contribution in [0.25, 0.3) is 0 Å². The van der Waals surface area contributed by atoms with Crippen molar-refractivity contribution in [3.63, 3.8) is 0 Å². The molecule has 0 atom stereocenters. The van der Waals surface area contributed by atoms with Crippen molar-refractivity contribution in [2.24, 2.45) is 0 Å². The molecule has 1 saturated heterocycles. The van der Waals surface area contributed by atoms with Gasteiger partial charge in [0.05, 0.1) is 25.5 Å². The van der Waals surface area contributed by atoms with E-state index in [0.717, 1.165) is 15.1 Å². The highest BCUT2D eigenvalue weighted by atomic mass is 32.2. The zero-order valence-electron chi connectivity index (χ0n) is 6.68. The predicted octanol–water partition coefficient (Wildman–Crippen LogP) is 1.84. The van der Waals surface area contributed by atoms with Crippen LogP contribution in [0.4, 0.5) is 0 Å². The summed E-state index contributed by atoms with van der Waals surface area (Å²) in [6, 6.07) is 0. The molecular formula is C8H14NS+. The molecule has 0 spiro atoms. The third-order valence-electron chi connectivity index (χ3n) is 1.98. The highest BCUT2D eigenvalue weighted by molar-refractivity contribution is 8.03. The number of hydrogen-bond acceptors (Lipinski definition) is 1. The molecule has 56 valence electrons. The third-order valence-corrected chi connectivity index (χ3v) is 2.95. The van der Waals surface area contributed by atoms with Crippen LogP contribution in [0.5, 0.6) is 0 Å². The molecule has 2 heteroatoms. The second kappa shape index (κ2) is 2.44. The standard InChI is InChI=1S/C8H14NS/c1-7-8(2)10-6-5-9(7,3)4/h1-2,5-6H2,3-4H3/q+1. The second-order valence-electron chi connectivity index (χ2n) is 3.13. The van der Waals surface area contributed by atoms with Gasteiger partial charge < -0.3 is 0 Å². The number of rotatable bonds is 0. The van der Waals surface area contributed by atoms with E-state index in [4.69, 9.17) is 0 Å². The molecule has 0 aromatic carbocycles. The Bertz CT molecular complexity index is 182. The van der Waals surface area contributed by atoms with Gasteiger partial charge in [-0.3, -0.25) is 4.48 Å². The van der Waals surface area contributed by atoms with E-state index in [1.165, 1.54) is 12.3 Å². The van der Waals surface area contributed by atoms with Gasteiger partial charge in [0.25, 0.3) is 0 Å². The average molecular weight is 156 g/mol. The summed E-state index contributed by atoms with van der Waals surface area (Å²) in [5, 5.41) is 0. The van der Waals surface area contributed by atoms with Crippen LogP contribution in [0.3, 0.4) is 0 Å². The lowest BCUT2D eigenvalue weighted by atomic mass is 10.3. The molecule has 1 fully saturated rings. The smallest absolute Gasteiger partial charge is 0.138 e. The monoisotopic (exact) mass is 156 g/mol. The van der Waals surface area contributed by atoms with Crippen LogP contribution >= 0.6 is 11.8 Å². The van der Waals surface area contributed by atoms with Gasteiger partial charge in [-0.15, -0.1) is 11.8 Å². The molecule has 0 unspecified atom stereocenters. The first kappa shape index (κ1) is 7.89. The zero-order chi connectivity index (χ0) is 7.78. The maximum absolute atomic E-state index is 4.00. The van der Waals surface area contributed by atoms with E-state index in [1.807, 2.05) is 11.8 Å². The lowest BCUT2D eigenvalue weighted by Crippen LogP contribution is -2.42. The van der Waals surface area contributed by atoms with Crippen LogP contribution in [0.2, 0.25) is 0 Å². The zero-order valence-corrected chi connectivity index (χ0v) is 7.50. The molecule has 1 rings (SSSR count). The summed E-state index contributed by atoms with van der Waals surface area (Å²) in [6.45, 7) is 9.11. The molecule has 1 aliphatic heterocycles. The summed E-state index contributed by atoms with van der Waals surface area (Å²) in [5.74, 6) is 1.17. The molecule has 0 bridgehead atoms. The number of thioether (sulfide) groups is 1. The van der Waals surface area contributed by atoms with Gasteiger partial charge in [0.2, 0.25) is 0 Å². The van der Waals surface area contributed by atoms with Crippen LogP contribution < -0.4 is 0 Å². The van der Waals surface area contributed by atoms with Crippen molar-refractivity contribution in [3.05, 3.63) is 23.8 Å². The molecular weight excluding hydrogens is 142 g/mol. The minimum absolute atomic E-state index is 0.909. The average Bonchev–Trinajstić information content (AvgIpc) is 1.83. The van der Waals surface area contributed by atoms with Gasteiger partial charge in [0, 0.05) is 5.75 Å². The first-order chi connectivity index (χ1) is 4.54. The molecule has 0 radical (unpaired) electrons. The molecule has 0 aliphatic carbocycles. The van der Waals surface area contributed by atoms with E-state index in [-0.39, 0.29) is 0 Å². The summed E-state index contributed by atoms with van der Waals surface area (Å²) >= 11 is 1.82. The van der Waals surface area contributed by atoms with Gasteiger partial charge >= 0.3 is 0 Å². The number of likely N-dealkylation sites (N-methyl/N-ethyl adjacent to an activating group) is 1. The molecule has 1 aliphatic rings. The second-order valence-corrected chi connectivity index (χ2v) is 4.32. The topological polar surface area (TPSA) is 0 Å². The van der Waals surface area contributed by atoms with Crippen molar-refractivity contribution >= 4 is 11.8 Å². The summed E-state index contributed by atoms with van der Waals surface area (Å²) in [5.41, 5.74) is 1.16. The van der Waals surface area contributed by atoms with E-state index >= 15 is 0 Å². The summed E-state index contributed by atoms with van der Waals surface area (Å²) in [6.07, 6.45) is 0. The maximum atomic E-state index is 4.00. The molecule has 0 saturated carbocycles. The van der Waals surface area contributed by atoms with E-state index in [9.17, 15) is 0 Å². The first-order valence-corrected chi connectivity index (χ1v) is 4.37. The van der Waals surface area contributed by atoms with Gasteiger partial charge in [-0.25, -0.2) is 0 Å². The Kier molecular flexibility index (Phi) is 1.92. The number of nitrogens with zero attached hydrogens (tertiary/aromatic N) is 1. The fourth-order valence-electron chi connectivity index (χ4n) is 0.953. The Morgan fingerprint density at radius 1 is 1.40 bits per heavy atom. The number of hydrogen-bond donors (Lipinski definition) is 0. The fraction of sp³-hybridized carbons (Fsp3) is 0.500. The van der Waals surface area contributed by atoms with Crippen molar-refractivity contribution in [1.82, 2.24) is 0 Å². The van der Waals surface area contributed by atoms with E-state index in [0.29, 0.717) is 0 Å². The van der Waals surface area contributed by atoms with Gasteiger partial charge in [-0.05, 0) is 6.58 Å². The minimum Gasteiger partial charge on any atom is -0.295 e. The maximum Gasteiger partial charge on any atom is 0.138 e. The molecule has 0 aromatic rings. The Morgan fingerprint density at radius 2 is 2.00 bits per heavy atom. The predicted molar refractivity (Wildman–Crippen MR) is 47.7 cm³/mol. The Morgan fingerprint density at radius 3 is 2.40 bits per heavy atom. The van der Waals surface area contributed by atoms with Gasteiger partial charge in [0.15, 0.2) is 0 Å². The van der Waals surface area contributed by atoms with Crippen molar-refractivity contribution in [2.45, 2.75) is 0 Å². The van der Waals surface area contributed by atoms with Crippen LogP contribution in [0, 0.1) is 0 Å². The lowest BCUT2D eigenvalue weighted by molar-refractivity contribution is -0.847. The highest BCUT2D eigenvalue weighted by Gasteiger charge is 2.27. The number of quaternary nitrogens is 1. The largest absolute Gasteiger partial charge is 0.295 e. The quantitative estimate of drug-likeness (QED) is 0.482. The SMILES string of the molecule is C=C1SCC[N+](C)(C)C1=C. The van der Waals surface area contributed by atoms with Gasteiger partial charge in [-0.2, -0.15) is 0 Å². The van der Waals surface area contributed by atoms with E-state index < -0.39 is 0 Å². The van der Waals surface area contributed by atoms with Crippen LogP contribution in [-0.4, -0.2) is 30.9 Å². The summed E-state index contributed by atoms with van der Waals surface area (Å²) < 4.78 is 0.909. The molecule has 1 heterocycles. The van der Waals surface area contributed by atoms with Crippen LogP contribution in [-0.2, 0) is 0 Å². The van der Waals surface area contributed by atoms with Crippen molar-refractivity contribution in [3.8, 4) is 0 Å². The Hall–Kier alpha value is -0.210. The van der Waals surface area contributed by atoms with Gasteiger partial charge in [-0.1, -0.05) is 6.58 Å². The van der Waals surface area contributed by atoms with Gasteiger partial charge in [0.1, 0.15) is 5.70 Å².